The molecule has 0 aliphatic heterocycles. The lowest BCUT2D eigenvalue weighted by molar-refractivity contribution is -0.140. The summed E-state index contributed by atoms with van der Waals surface area (Å²) in [4.78, 5) is 11.9. The normalized spacial score (nSPS) is 23.7. The Bertz CT molecular complexity index is 1110. The fourth-order valence-corrected chi connectivity index (χ4v) is 5.65. The van der Waals surface area contributed by atoms with Crippen LogP contribution in [0.5, 0.6) is 0 Å². The number of halogens is 4. The van der Waals surface area contributed by atoms with Gasteiger partial charge in [0.2, 0.25) is 0 Å². The van der Waals surface area contributed by atoms with Crippen LogP contribution in [0.25, 0.3) is 0 Å². The van der Waals surface area contributed by atoms with Gasteiger partial charge in [-0.05, 0) is 49.3 Å². The van der Waals surface area contributed by atoms with Gasteiger partial charge in [-0.25, -0.2) is 17.5 Å². The van der Waals surface area contributed by atoms with Crippen LogP contribution in [0, 0.1) is 17.7 Å². The third-order valence-electron chi connectivity index (χ3n) is 5.97. The predicted molar refractivity (Wildman–Crippen MR) is 97.5 cm³/mol. The molecule has 1 N–H and O–H groups in total. The van der Waals surface area contributed by atoms with Crippen molar-refractivity contribution in [2.24, 2.45) is 18.9 Å². The molecule has 30 heavy (non-hydrogen) atoms. The van der Waals surface area contributed by atoms with Gasteiger partial charge in [0.05, 0.1) is 21.7 Å². The van der Waals surface area contributed by atoms with Crippen molar-refractivity contribution in [1.29, 1.82) is 0 Å². The van der Waals surface area contributed by atoms with Gasteiger partial charge in [0.15, 0.2) is 0 Å². The van der Waals surface area contributed by atoms with E-state index in [2.05, 4.69) is 5.10 Å². The summed E-state index contributed by atoms with van der Waals surface area (Å²) in [5.74, 6) is -1.56. The van der Waals surface area contributed by atoms with Crippen molar-refractivity contribution in [2.45, 2.75) is 42.7 Å². The number of fused-ring (bicyclic) bond motifs is 2. The number of amides is 1. The molecular weight excluding hydrogens is 426 g/mol. The number of nitrogens with zero attached hydrogens (tertiary/aromatic N) is 2. The zero-order chi connectivity index (χ0) is 21.8. The van der Waals surface area contributed by atoms with Crippen molar-refractivity contribution in [2.75, 3.05) is 0 Å². The summed E-state index contributed by atoms with van der Waals surface area (Å²) in [6.45, 7) is 0. The van der Waals surface area contributed by atoms with E-state index in [-0.39, 0.29) is 17.5 Å². The SMILES string of the molecule is Cn1cc(C(=O)NS(=O)(=O)c2ccc(F)c(C(F)(F)F)c2)c(C2CC3CCC2C3)n1. The Kier molecular flexibility index (Phi) is 4.91. The van der Waals surface area contributed by atoms with E-state index in [0.717, 1.165) is 25.7 Å². The van der Waals surface area contributed by atoms with E-state index in [1.165, 1.54) is 10.9 Å². The van der Waals surface area contributed by atoms with Gasteiger partial charge in [0.25, 0.3) is 15.9 Å². The second-order valence-corrected chi connectivity index (χ2v) is 9.64. The highest BCUT2D eigenvalue weighted by Gasteiger charge is 2.43. The van der Waals surface area contributed by atoms with E-state index in [1.807, 2.05) is 0 Å². The van der Waals surface area contributed by atoms with Crippen molar-refractivity contribution in [3.05, 3.63) is 47.0 Å². The second-order valence-electron chi connectivity index (χ2n) is 7.96. The molecule has 1 aromatic heterocycles. The molecule has 3 atom stereocenters. The van der Waals surface area contributed by atoms with Crippen molar-refractivity contribution < 1.29 is 30.8 Å². The maximum atomic E-state index is 13.5. The molecule has 1 heterocycles. The number of hydrogen-bond acceptors (Lipinski definition) is 4. The number of rotatable bonds is 4. The smallest absolute Gasteiger partial charge is 0.275 e. The van der Waals surface area contributed by atoms with E-state index >= 15 is 0 Å². The summed E-state index contributed by atoms with van der Waals surface area (Å²) in [7, 11) is -3.04. The molecule has 1 aromatic carbocycles. The summed E-state index contributed by atoms with van der Waals surface area (Å²) >= 11 is 0. The van der Waals surface area contributed by atoms with Crippen molar-refractivity contribution >= 4 is 15.9 Å². The van der Waals surface area contributed by atoms with E-state index in [4.69, 9.17) is 0 Å². The minimum absolute atomic E-state index is 0.0519. The Hall–Kier alpha value is -2.43. The predicted octanol–water partition coefficient (Wildman–Crippen LogP) is 3.60. The highest BCUT2D eigenvalue weighted by atomic mass is 32.2. The molecule has 2 bridgehead atoms. The average molecular weight is 445 g/mol. The Morgan fingerprint density at radius 1 is 1.23 bits per heavy atom. The monoisotopic (exact) mass is 445 g/mol. The summed E-state index contributed by atoms with van der Waals surface area (Å²) in [6.07, 6.45) is 0.422. The Morgan fingerprint density at radius 3 is 2.57 bits per heavy atom. The van der Waals surface area contributed by atoms with Gasteiger partial charge in [0, 0.05) is 19.2 Å². The van der Waals surface area contributed by atoms with Crippen LogP contribution in [-0.2, 0) is 23.2 Å². The molecule has 2 aromatic rings. The Morgan fingerprint density at radius 2 is 1.97 bits per heavy atom. The zero-order valence-electron chi connectivity index (χ0n) is 15.9. The molecule has 2 aliphatic carbocycles. The largest absolute Gasteiger partial charge is 0.419 e. The van der Waals surface area contributed by atoms with E-state index in [9.17, 15) is 30.8 Å². The Labute approximate surface area is 170 Å². The number of aryl methyl sites for hydroxylation is 1. The number of nitrogens with one attached hydrogen (secondary N) is 1. The van der Waals surface area contributed by atoms with Crippen LogP contribution in [0.3, 0.4) is 0 Å². The van der Waals surface area contributed by atoms with Crippen LogP contribution in [0.4, 0.5) is 17.6 Å². The first-order valence-electron chi connectivity index (χ1n) is 9.43. The van der Waals surface area contributed by atoms with Gasteiger partial charge in [0.1, 0.15) is 5.82 Å². The van der Waals surface area contributed by atoms with Gasteiger partial charge in [-0.1, -0.05) is 6.42 Å². The van der Waals surface area contributed by atoms with E-state index in [0.29, 0.717) is 29.7 Å². The highest BCUT2D eigenvalue weighted by Crippen LogP contribution is 2.53. The quantitative estimate of drug-likeness (QED) is 0.730. The molecule has 3 unspecified atom stereocenters. The van der Waals surface area contributed by atoms with Crippen molar-refractivity contribution in [3.63, 3.8) is 0 Å². The standard InChI is InChI=1S/C19H19F4N3O3S/c1-26-9-14(17(24-26)13-7-10-2-3-11(13)6-10)18(27)25-30(28,29)12-4-5-16(20)15(8-12)19(21,22)23/h4-5,8-11,13H,2-3,6-7H2,1H3,(H,25,27). The van der Waals surface area contributed by atoms with Gasteiger partial charge in [-0.3, -0.25) is 9.48 Å². The summed E-state index contributed by atoms with van der Waals surface area (Å²) < 4.78 is 80.5. The third kappa shape index (κ3) is 3.70. The highest BCUT2D eigenvalue weighted by molar-refractivity contribution is 7.90. The van der Waals surface area contributed by atoms with Crippen LogP contribution in [0.15, 0.2) is 29.3 Å². The molecule has 1 amide bonds. The topological polar surface area (TPSA) is 81.1 Å². The van der Waals surface area contributed by atoms with Gasteiger partial charge in [-0.15, -0.1) is 0 Å². The number of sulfonamides is 1. The first-order chi connectivity index (χ1) is 14.0. The molecular formula is C19H19F4N3O3S. The maximum Gasteiger partial charge on any atom is 0.419 e. The molecule has 0 saturated heterocycles. The first-order valence-corrected chi connectivity index (χ1v) is 10.9. The fraction of sp³-hybridized carbons (Fsp3) is 0.474. The molecule has 2 saturated carbocycles. The Balaban J connectivity index is 1.62. The third-order valence-corrected chi connectivity index (χ3v) is 7.30. The molecule has 4 rings (SSSR count). The number of alkyl halides is 3. The number of carbonyl (C=O) groups is 1. The molecule has 2 aliphatic rings. The summed E-state index contributed by atoms with van der Waals surface area (Å²) in [6, 6.07) is 1.26. The van der Waals surface area contributed by atoms with E-state index < -0.39 is 38.4 Å². The van der Waals surface area contributed by atoms with Gasteiger partial charge >= 0.3 is 6.18 Å². The van der Waals surface area contributed by atoms with Crippen LogP contribution in [0.1, 0.15) is 53.2 Å². The average Bonchev–Trinajstić information content (AvgIpc) is 3.35. The van der Waals surface area contributed by atoms with Crippen molar-refractivity contribution in [3.8, 4) is 0 Å². The van der Waals surface area contributed by atoms with Crippen LogP contribution in [-0.4, -0.2) is 24.1 Å². The summed E-state index contributed by atoms with van der Waals surface area (Å²) in [5.41, 5.74) is -1.13. The van der Waals surface area contributed by atoms with Crippen LogP contribution < -0.4 is 4.72 Å². The molecule has 2 fully saturated rings. The van der Waals surface area contributed by atoms with Crippen molar-refractivity contribution in [1.82, 2.24) is 14.5 Å². The molecule has 11 heteroatoms. The minimum Gasteiger partial charge on any atom is -0.275 e. The van der Waals surface area contributed by atoms with Gasteiger partial charge in [-0.2, -0.15) is 18.3 Å². The minimum atomic E-state index is -5.07. The lowest BCUT2D eigenvalue weighted by atomic mass is 9.85. The lowest BCUT2D eigenvalue weighted by Crippen LogP contribution is -2.31. The lowest BCUT2D eigenvalue weighted by Gasteiger charge is -2.20. The van der Waals surface area contributed by atoms with Gasteiger partial charge < -0.3 is 0 Å². The fourth-order valence-electron chi connectivity index (χ4n) is 4.66. The number of aromatic nitrogens is 2. The number of hydrogen-bond donors (Lipinski definition) is 1. The van der Waals surface area contributed by atoms with E-state index in [1.54, 1.807) is 11.8 Å². The maximum absolute atomic E-state index is 13.5. The van der Waals surface area contributed by atoms with Crippen LogP contribution in [0.2, 0.25) is 0 Å². The molecule has 162 valence electrons. The number of carbonyl (C=O) groups excluding carboxylic acids is 1. The molecule has 0 radical (unpaired) electrons. The van der Waals surface area contributed by atoms with Crippen LogP contribution >= 0.6 is 0 Å². The second kappa shape index (κ2) is 7.07. The summed E-state index contributed by atoms with van der Waals surface area (Å²) in [5, 5.41) is 4.36. The zero-order valence-corrected chi connectivity index (χ0v) is 16.7. The molecule has 6 nitrogen and oxygen atoms in total. The number of benzene rings is 1. The molecule has 0 spiro atoms. The first kappa shape index (κ1) is 20.8.